The lowest BCUT2D eigenvalue weighted by Crippen LogP contribution is -2.07. The summed E-state index contributed by atoms with van der Waals surface area (Å²) in [6.07, 6.45) is 1.00. The predicted molar refractivity (Wildman–Crippen MR) is 74.5 cm³/mol. The van der Waals surface area contributed by atoms with Gasteiger partial charge in [-0.25, -0.2) is 4.98 Å². The van der Waals surface area contributed by atoms with Gasteiger partial charge in [0.2, 0.25) is 5.88 Å². The van der Waals surface area contributed by atoms with E-state index in [0.29, 0.717) is 12.5 Å². The van der Waals surface area contributed by atoms with Gasteiger partial charge in [0.05, 0.1) is 6.61 Å². The summed E-state index contributed by atoms with van der Waals surface area (Å²) in [5.41, 5.74) is 0. The molecule has 0 radical (unpaired) electrons. The molecule has 0 saturated carbocycles. The largest absolute Gasteiger partial charge is 0.478 e. The molecule has 18 heavy (non-hydrogen) atoms. The van der Waals surface area contributed by atoms with Crippen LogP contribution in [0.25, 0.3) is 0 Å². The maximum absolute atomic E-state index is 5.39. The van der Waals surface area contributed by atoms with E-state index in [0.717, 1.165) is 24.6 Å². The third kappa shape index (κ3) is 3.70. The van der Waals surface area contributed by atoms with Crippen molar-refractivity contribution in [1.29, 1.82) is 0 Å². The Morgan fingerprint density at radius 3 is 3.00 bits per heavy atom. The zero-order valence-corrected chi connectivity index (χ0v) is 11.5. The van der Waals surface area contributed by atoms with E-state index < -0.39 is 0 Å². The van der Waals surface area contributed by atoms with Crippen LogP contribution in [0.15, 0.2) is 23.6 Å². The summed E-state index contributed by atoms with van der Waals surface area (Å²) in [5.74, 6) is 2.17. The smallest absolute Gasteiger partial charge is 0.218 e. The molecule has 1 N–H and O–H groups in total. The first-order valence-corrected chi connectivity index (χ1v) is 6.90. The van der Waals surface area contributed by atoms with Crippen LogP contribution >= 0.6 is 11.3 Å². The van der Waals surface area contributed by atoms with E-state index >= 15 is 0 Å². The summed E-state index contributed by atoms with van der Waals surface area (Å²) in [7, 11) is 0. The van der Waals surface area contributed by atoms with Crippen LogP contribution in [0.1, 0.15) is 17.6 Å². The fraction of sp³-hybridized carbons (Fsp3) is 0.385. The minimum Gasteiger partial charge on any atom is -0.478 e. The number of hydrogen-bond acceptors (Lipinski definition) is 5. The Kier molecular flexibility index (Phi) is 4.52. The van der Waals surface area contributed by atoms with Gasteiger partial charge in [0.15, 0.2) is 0 Å². The van der Waals surface area contributed by atoms with Gasteiger partial charge in [-0.1, -0.05) is 6.07 Å². The van der Waals surface area contributed by atoms with Gasteiger partial charge in [-0.05, 0) is 31.7 Å². The molecule has 0 amide bonds. The molecule has 2 rings (SSSR count). The first-order chi connectivity index (χ1) is 8.78. The van der Waals surface area contributed by atoms with Crippen LogP contribution in [0.4, 0.5) is 5.82 Å². The minimum absolute atomic E-state index is 0.616. The van der Waals surface area contributed by atoms with E-state index in [1.54, 1.807) is 11.3 Å². The molecule has 0 aliphatic carbocycles. The monoisotopic (exact) mass is 263 g/mol. The van der Waals surface area contributed by atoms with E-state index in [4.69, 9.17) is 4.74 Å². The molecule has 2 aromatic heterocycles. The van der Waals surface area contributed by atoms with Crippen molar-refractivity contribution >= 4 is 17.2 Å². The summed E-state index contributed by atoms with van der Waals surface area (Å²) in [6.45, 7) is 5.29. The number of thiophene rings is 1. The molecule has 0 fully saturated rings. The van der Waals surface area contributed by atoms with Crippen molar-refractivity contribution in [3.8, 4) is 5.88 Å². The molecule has 0 aromatic carbocycles. The van der Waals surface area contributed by atoms with E-state index in [-0.39, 0.29) is 0 Å². The van der Waals surface area contributed by atoms with Crippen molar-refractivity contribution < 1.29 is 4.74 Å². The number of aromatic nitrogens is 2. The predicted octanol–water partition coefficient (Wildman–Crippen LogP) is 2.90. The number of anilines is 1. The number of hydrogen-bond donors (Lipinski definition) is 1. The quantitative estimate of drug-likeness (QED) is 0.870. The Morgan fingerprint density at radius 2 is 2.28 bits per heavy atom. The number of rotatable bonds is 6. The van der Waals surface area contributed by atoms with Crippen molar-refractivity contribution in [3.05, 3.63) is 34.3 Å². The van der Waals surface area contributed by atoms with Gasteiger partial charge >= 0.3 is 0 Å². The summed E-state index contributed by atoms with van der Waals surface area (Å²) in [6, 6.07) is 6.05. The second-order valence-electron chi connectivity index (χ2n) is 3.83. The molecule has 0 unspecified atom stereocenters. The Labute approximate surface area is 111 Å². The van der Waals surface area contributed by atoms with Crippen LogP contribution in [-0.2, 0) is 6.42 Å². The standard InChI is InChI=1S/C13H17N3OS/c1-3-17-13-9-12(15-10(2)16-13)14-7-6-11-5-4-8-18-11/h4-5,8-9H,3,6-7H2,1-2H3,(H,14,15,16). The lowest BCUT2D eigenvalue weighted by molar-refractivity contribution is 0.325. The highest BCUT2D eigenvalue weighted by Gasteiger charge is 2.02. The van der Waals surface area contributed by atoms with Gasteiger partial charge in [-0.3, -0.25) is 0 Å². The summed E-state index contributed by atoms with van der Waals surface area (Å²) >= 11 is 1.78. The average Bonchev–Trinajstić information content (AvgIpc) is 2.82. The van der Waals surface area contributed by atoms with Gasteiger partial charge < -0.3 is 10.1 Å². The number of nitrogens with one attached hydrogen (secondary N) is 1. The number of aryl methyl sites for hydroxylation is 1. The Bertz CT molecular complexity index is 485. The van der Waals surface area contributed by atoms with E-state index in [1.165, 1.54) is 4.88 Å². The van der Waals surface area contributed by atoms with Gasteiger partial charge in [0, 0.05) is 17.5 Å². The average molecular weight is 263 g/mol. The number of ether oxygens (including phenoxy) is 1. The molecule has 0 spiro atoms. The maximum Gasteiger partial charge on any atom is 0.218 e. The van der Waals surface area contributed by atoms with Crippen LogP contribution < -0.4 is 10.1 Å². The minimum atomic E-state index is 0.616. The third-order valence-electron chi connectivity index (χ3n) is 2.36. The first-order valence-electron chi connectivity index (χ1n) is 6.02. The van der Waals surface area contributed by atoms with Crippen LogP contribution in [0, 0.1) is 6.92 Å². The molecule has 0 aliphatic heterocycles. The van der Waals surface area contributed by atoms with Gasteiger partial charge in [-0.2, -0.15) is 4.98 Å². The fourth-order valence-corrected chi connectivity index (χ4v) is 2.33. The highest BCUT2D eigenvalue weighted by molar-refractivity contribution is 7.09. The third-order valence-corrected chi connectivity index (χ3v) is 3.30. The van der Waals surface area contributed by atoms with E-state index in [2.05, 4.69) is 32.8 Å². The normalized spacial score (nSPS) is 10.3. The lowest BCUT2D eigenvalue weighted by atomic mass is 10.3. The summed E-state index contributed by atoms with van der Waals surface area (Å²) < 4.78 is 5.39. The molecule has 4 nitrogen and oxygen atoms in total. The highest BCUT2D eigenvalue weighted by Crippen LogP contribution is 2.14. The first kappa shape index (κ1) is 12.8. The van der Waals surface area contributed by atoms with Crippen molar-refractivity contribution in [2.75, 3.05) is 18.5 Å². The fourth-order valence-electron chi connectivity index (χ4n) is 1.62. The van der Waals surface area contributed by atoms with Gasteiger partial charge in [-0.15, -0.1) is 11.3 Å². The molecule has 0 atom stereocenters. The van der Waals surface area contributed by atoms with Crippen LogP contribution in [0.5, 0.6) is 5.88 Å². The molecule has 5 heteroatoms. The molecular formula is C13H17N3OS. The van der Waals surface area contributed by atoms with E-state index in [9.17, 15) is 0 Å². The summed E-state index contributed by atoms with van der Waals surface area (Å²) in [5, 5.41) is 5.39. The topological polar surface area (TPSA) is 47.0 Å². The molecule has 0 saturated heterocycles. The Hall–Kier alpha value is -1.62. The van der Waals surface area contributed by atoms with Crippen molar-refractivity contribution in [3.63, 3.8) is 0 Å². The SMILES string of the molecule is CCOc1cc(NCCc2cccs2)nc(C)n1. The second kappa shape index (κ2) is 6.35. The van der Waals surface area contributed by atoms with Crippen molar-refractivity contribution in [2.45, 2.75) is 20.3 Å². The summed E-state index contributed by atoms with van der Waals surface area (Å²) in [4.78, 5) is 9.92. The molecule has 96 valence electrons. The highest BCUT2D eigenvalue weighted by atomic mass is 32.1. The number of nitrogens with zero attached hydrogens (tertiary/aromatic N) is 2. The molecule has 0 aliphatic rings. The van der Waals surface area contributed by atoms with E-state index in [1.807, 2.05) is 19.9 Å². The molecule has 2 heterocycles. The molecule has 2 aromatic rings. The Morgan fingerprint density at radius 1 is 1.39 bits per heavy atom. The van der Waals surface area contributed by atoms with Gasteiger partial charge in [0.25, 0.3) is 0 Å². The lowest BCUT2D eigenvalue weighted by Gasteiger charge is -2.08. The van der Waals surface area contributed by atoms with Gasteiger partial charge in [0.1, 0.15) is 11.6 Å². The maximum atomic E-state index is 5.39. The van der Waals surface area contributed by atoms with Crippen LogP contribution in [-0.4, -0.2) is 23.1 Å². The molecular weight excluding hydrogens is 246 g/mol. The van der Waals surface area contributed by atoms with Crippen molar-refractivity contribution in [1.82, 2.24) is 9.97 Å². The molecule has 0 bridgehead atoms. The zero-order chi connectivity index (χ0) is 12.8. The van der Waals surface area contributed by atoms with Crippen molar-refractivity contribution in [2.24, 2.45) is 0 Å². The Balaban J connectivity index is 1.92. The second-order valence-corrected chi connectivity index (χ2v) is 4.86. The van der Waals surface area contributed by atoms with Crippen LogP contribution in [0.3, 0.4) is 0 Å². The van der Waals surface area contributed by atoms with Crippen LogP contribution in [0.2, 0.25) is 0 Å². The zero-order valence-electron chi connectivity index (χ0n) is 10.6.